The molecule has 0 aliphatic carbocycles. The van der Waals surface area contributed by atoms with Gasteiger partial charge in [0.15, 0.2) is 29.1 Å². The van der Waals surface area contributed by atoms with E-state index in [1.807, 2.05) is 13.8 Å². The highest BCUT2D eigenvalue weighted by atomic mass is 32.2. The van der Waals surface area contributed by atoms with Gasteiger partial charge in [-0.2, -0.15) is 0 Å². The van der Waals surface area contributed by atoms with Crippen molar-refractivity contribution in [3.05, 3.63) is 52.6 Å². The number of phenolic OH excluding ortho intramolecular Hbond substituents is 1. The van der Waals surface area contributed by atoms with E-state index in [0.717, 1.165) is 0 Å². The van der Waals surface area contributed by atoms with Crippen molar-refractivity contribution in [2.75, 3.05) is 12.4 Å². The highest BCUT2D eigenvalue weighted by Crippen LogP contribution is 2.32. The van der Waals surface area contributed by atoms with Crippen molar-refractivity contribution >= 4 is 17.5 Å². The molecule has 0 aromatic heterocycles. The second-order valence-corrected chi connectivity index (χ2v) is 8.41. The van der Waals surface area contributed by atoms with Gasteiger partial charge in [0.2, 0.25) is 0 Å². The molecule has 2 aromatic carbocycles. The van der Waals surface area contributed by atoms with E-state index in [1.165, 1.54) is 6.07 Å². The Balaban J connectivity index is 1.85. The number of ketones is 1. The highest BCUT2D eigenvalue weighted by Gasteiger charge is 2.19. The number of halogens is 4. The van der Waals surface area contributed by atoms with Gasteiger partial charge < -0.3 is 9.84 Å². The van der Waals surface area contributed by atoms with E-state index in [2.05, 4.69) is 0 Å². The number of ether oxygens (including phenoxy) is 1. The van der Waals surface area contributed by atoms with E-state index in [0.29, 0.717) is 42.3 Å². The van der Waals surface area contributed by atoms with Crippen molar-refractivity contribution in [3.8, 4) is 11.5 Å². The minimum atomic E-state index is -1.43. The Morgan fingerprint density at radius 1 is 1.10 bits per heavy atom. The van der Waals surface area contributed by atoms with E-state index in [1.54, 1.807) is 13.0 Å². The Morgan fingerprint density at radius 3 is 2.33 bits per heavy atom. The van der Waals surface area contributed by atoms with Crippen LogP contribution in [0.4, 0.5) is 17.6 Å². The Labute approximate surface area is 177 Å². The molecule has 0 heterocycles. The third kappa shape index (κ3) is 5.90. The lowest BCUT2D eigenvalue weighted by atomic mass is 9.98. The molecule has 0 saturated heterocycles. The second kappa shape index (κ2) is 10.7. The molecule has 0 radical (unpaired) electrons. The summed E-state index contributed by atoms with van der Waals surface area (Å²) >= 11 is 0.701. The van der Waals surface area contributed by atoms with Crippen molar-refractivity contribution in [2.45, 2.75) is 44.9 Å². The lowest BCUT2D eigenvalue weighted by molar-refractivity contribution is 0.0965. The predicted octanol–water partition coefficient (Wildman–Crippen LogP) is 6.44. The lowest BCUT2D eigenvalue weighted by Gasteiger charge is -2.13. The van der Waals surface area contributed by atoms with Gasteiger partial charge in [-0.1, -0.05) is 13.8 Å². The summed E-state index contributed by atoms with van der Waals surface area (Å²) in [6.07, 6.45) is 1.33. The zero-order chi connectivity index (χ0) is 22.4. The number of phenols is 1. The van der Waals surface area contributed by atoms with E-state index in [9.17, 15) is 27.5 Å². The van der Waals surface area contributed by atoms with Gasteiger partial charge in [-0.3, -0.25) is 4.79 Å². The minimum Gasteiger partial charge on any atom is -0.507 e. The third-order valence-corrected chi connectivity index (χ3v) is 5.53. The van der Waals surface area contributed by atoms with Gasteiger partial charge >= 0.3 is 0 Å². The Morgan fingerprint density at radius 2 is 1.73 bits per heavy atom. The Kier molecular flexibility index (Phi) is 8.58. The van der Waals surface area contributed by atoms with Crippen LogP contribution in [0.1, 0.15) is 49.0 Å². The fourth-order valence-corrected chi connectivity index (χ4v) is 3.78. The van der Waals surface area contributed by atoms with Gasteiger partial charge in [0.1, 0.15) is 11.5 Å². The molecular formula is C22H24F4O3S. The van der Waals surface area contributed by atoms with Crippen molar-refractivity contribution in [3.63, 3.8) is 0 Å². The largest absolute Gasteiger partial charge is 0.507 e. The van der Waals surface area contributed by atoms with Gasteiger partial charge in [-0.05, 0) is 43.6 Å². The number of rotatable bonds is 10. The van der Waals surface area contributed by atoms with Gasteiger partial charge in [0.25, 0.3) is 0 Å². The summed E-state index contributed by atoms with van der Waals surface area (Å²) in [7, 11) is 0. The molecular weight excluding hydrogens is 420 g/mol. The van der Waals surface area contributed by atoms with Crippen LogP contribution < -0.4 is 4.74 Å². The molecule has 2 aromatic rings. The number of Topliss-reactive ketones (excluding diaryl/α,β-unsaturated/α-hetero) is 1. The lowest BCUT2D eigenvalue weighted by Crippen LogP contribution is -2.06. The van der Waals surface area contributed by atoms with Crippen LogP contribution in [0.2, 0.25) is 0 Å². The summed E-state index contributed by atoms with van der Waals surface area (Å²) in [5.74, 6) is -5.03. The summed E-state index contributed by atoms with van der Waals surface area (Å²) in [5.41, 5.74) is 0.717. The van der Waals surface area contributed by atoms with Crippen molar-refractivity contribution in [1.82, 2.24) is 0 Å². The molecule has 3 nitrogen and oxygen atoms in total. The average molecular weight is 444 g/mol. The number of hydrogen-bond acceptors (Lipinski definition) is 4. The van der Waals surface area contributed by atoms with Crippen LogP contribution in [0.3, 0.4) is 0 Å². The molecule has 8 heteroatoms. The summed E-state index contributed by atoms with van der Waals surface area (Å²) in [6.45, 7) is 5.76. The summed E-state index contributed by atoms with van der Waals surface area (Å²) < 4.78 is 59.2. The molecule has 1 N–H and O–H groups in total. The average Bonchev–Trinajstić information content (AvgIpc) is 2.67. The highest BCUT2D eigenvalue weighted by molar-refractivity contribution is 7.99. The fraction of sp³-hybridized carbons (Fsp3) is 0.409. The van der Waals surface area contributed by atoms with Crippen LogP contribution in [0.15, 0.2) is 23.1 Å². The third-order valence-electron chi connectivity index (χ3n) is 4.39. The van der Waals surface area contributed by atoms with Crippen LogP contribution in [0, 0.1) is 36.1 Å². The Hall–Kier alpha value is -2.22. The van der Waals surface area contributed by atoms with Crippen LogP contribution >= 0.6 is 11.8 Å². The quantitative estimate of drug-likeness (QED) is 0.151. The molecule has 164 valence electrons. The first kappa shape index (κ1) is 24.1. The zero-order valence-corrected chi connectivity index (χ0v) is 17.8. The number of thioether (sulfide) groups is 1. The number of unbranched alkanes of at least 4 members (excludes halogenated alkanes) is 1. The van der Waals surface area contributed by atoms with Crippen LogP contribution in [-0.2, 0) is 0 Å². The number of hydrogen-bond donors (Lipinski definition) is 1. The number of benzene rings is 2. The normalized spacial score (nSPS) is 11.2. The molecule has 0 atom stereocenters. The first-order valence-corrected chi connectivity index (χ1v) is 10.6. The topological polar surface area (TPSA) is 46.5 Å². The monoisotopic (exact) mass is 444 g/mol. The van der Waals surface area contributed by atoms with Crippen LogP contribution in [-0.4, -0.2) is 23.2 Å². The zero-order valence-electron chi connectivity index (χ0n) is 17.0. The fourth-order valence-electron chi connectivity index (χ4n) is 2.78. The van der Waals surface area contributed by atoms with Crippen LogP contribution in [0.5, 0.6) is 11.5 Å². The van der Waals surface area contributed by atoms with E-state index < -0.39 is 28.2 Å². The SMILES string of the molecule is Cc1c(OCCCCSc2c(F)c(F)cc(F)c2F)ccc(C(=O)CC(C)C)c1O. The molecule has 2 rings (SSSR count). The maximum atomic E-state index is 13.6. The van der Waals surface area contributed by atoms with Crippen molar-refractivity contribution in [1.29, 1.82) is 0 Å². The first-order valence-electron chi connectivity index (χ1n) is 9.57. The molecule has 30 heavy (non-hydrogen) atoms. The number of carbonyl (C=O) groups excluding carboxylic acids is 1. The van der Waals surface area contributed by atoms with Crippen LogP contribution in [0.25, 0.3) is 0 Å². The molecule has 0 spiro atoms. The standard InChI is InChI=1S/C22H24F4O3S/c1-12(2)10-17(27)14-6-7-18(13(3)21(14)28)29-8-4-5-9-30-22-19(25)15(23)11-16(24)20(22)26/h6-7,11-12,28H,4-5,8-10H2,1-3H3. The molecule has 0 aliphatic rings. The molecule has 0 fully saturated rings. The first-order chi connectivity index (χ1) is 14.1. The van der Waals surface area contributed by atoms with E-state index >= 15 is 0 Å². The van der Waals surface area contributed by atoms with Crippen molar-refractivity contribution < 1.29 is 32.2 Å². The smallest absolute Gasteiger partial charge is 0.175 e. The minimum absolute atomic E-state index is 0.104. The molecule has 0 saturated carbocycles. The molecule has 0 unspecified atom stereocenters. The molecule has 0 aliphatic heterocycles. The maximum Gasteiger partial charge on any atom is 0.175 e. The molecule has 0 amide bonds. The van der Waals surface area contributed by atoms with Gasteiger partial charge in [-0.15, -0.1) is 11.8 Å². The number of carbonyl (C=O) groups is 1. The van der Waals surface area contributed by atoms with E-state index in [4.69, 9.17) is 4.74 Å². The predicted molar refractivity (Wildman–Crippen MR) is 108 cm³/mol. The summed E-state index contributed by atoms with van der Waals surface area (Å²) in [6, 6.07) is 3.34. The molecule has 0 bridgehead atoms. The summed E-state index contributed by atoms with van der Waals surface area (Å²) in [4.78, 5) is 11.5. The van der Waals surface area contributed by atoms with Gasteiger partial charge in [0, 0.05) is 18.1 Å². The van der Waals surface area contributed by atoms with Crippen molar-refractivity contribution in [2.24, 2.45) is 5.92 Å². The number of aromatic hydroxyl groups is 1. The van der Waals surface area contributed by atoms with Gasteiger partial charge in [0.05, 0.1) is 17.1 Å². The van der Waals surface area contributed by atoms with E-state index in [-0.39, 0.29) is 41.4 Å². The second-order valence-electron chi connectivity index (χ2n) is 7.31. The summed E-state index contributed by atoms with van der Waals surface area (Å²) in [5, 5.41) is 10.3. The van der Waals surface area contributed by atoms with Gasteiger partial charge in [-0.25, -0.2) is 17.6 Å². The maximum absolute atomic E-state index is 13.6. The Bertz CT molecular complexity index is 890.